The zero-order valence-corrected chi connectivity index (χ0v) is 10.9. The summed E-state index contributed by atoms with van der Waals surface area (Å²) in [7, 11) is 0. The van der Waals surface area contributed by atoms with Crippen LogP contribution in [-0.4, -0.2) is 11.8 Å². The average molecular weight is 254 g/mol. The van der Waals surface area contributed by atoms with E-state index in [1.165, 1.54) is 4.90 Å². The second-order valence-electron chi connectivity index (χ2n) is 3.49. The van der Waals surface area contributed by atoms with Crippen LogP contribution in [0.25, 0.3) is 0 Å². The van der Waals surface area contributed by atoms with Crippen molar-refractivity contribution in [2.75, 3.05) is 5.75 Å². The van der Waals surface area contributed by atoms with Crippen molar-refractivity contribution >= 4 is 23.4 Å². The molecule has 0 radical (unpaired) electrons. The summed E-state index contributed by atoms with van der Waals surface area (Å²) in [5.74, 6) is 6.81. The number of benzene rings is 1. The molecule has 0 saturated heterocycles. The summed E-state index contributed by atoms with van der Waals surface area (Å²) in [4.78, 5) is 1.17. The van der Waals surface area contributed by atoms with Crippen molar-refractivity contribution in [3.05, 3.63) is 29.3 Å². The molecule has 1 aromatic carbocycles. The molecule has 1 rings (SSSR count). The highest BCUT2D eigenvalue weighted by Crippen LogP contribution is 2.22. The second-order valence-corrected chi connectivity index (χ2v) is 5.02. The number of rotatable bonds is 5. The number of hydrogen-bond acceptors (Lipinski definition) is 2. The highest BCUT2D eigenvalue weighted by atomic mass is 35.5. The normalized spacial score (nSPS) is 11.7. The van der Waals surface area contributed by atoms with E-state index in [4.69, 9.17) is 17.3 Å². The fourth-order valence-electron chi connectivity index (χ4n) is 1.23. The van der Waals surface area contributed by atoms with Crippen molar-refractivity contribution in [3.63, 3.8) is 0 Å². The van der Waals surface area contributed by atoms with Crippen molar-refractivity contribution < 1.29 is 0 Å². The van der Waals surface area contributed by atoms with E-state index in [0.717, 1.165) is 23.6 Å². The molecule has 1 unspecified atom stereocenters. The van der Waals surface area contributed by atoms with Crippen molar-refractivity contribution in [1.29, 1.82) is 0 Å². The summed E-state index contributed by atoms with van der Waals surface area (Å²) in [5.41, 5.74) is 5.98. The predicted molar refractivity (Wildman–Crippen MR) is 72.8 cm³/mol. The van der Waals surface area contributed by atoms with Gasteiger partial charge in [0.25, 0.3) is 0 Å². The van der Waals surface area contributed by atoms with E-state index >= 15 is 0 Å². The predicted octanol–water partition coefficient (Wildman–Crippen LogP) is 3.56. The van der Waals surface area contributed by atoms with Gasteiger partial charge in [0, 0.05) is 28.1 Å². The number of hydrogen-bond donors (Lipinski definition) is 1. The molecule has 16 heavy (non-hydrogen) atoms. The molecular formula is C13H16ClNS. The minimum Gasteiger partial charge on any atom is -0.327 e. The van der Waals surface area contributed by atoms with E-state index in [1.54, 1.807) is 11.8 Å². The largest absolute Gasteiger partial charge is 0.327 e. The van der Waals surface area contributed by atoms with Crippen LogP contribution < -0.4 is 5.73 Å². The van der Waals surface area contributed by atoms with Crippen LogP contribution in [0.2, 0.25) is 5.02 Å². The van der Waals surface area contributed by atoms with Gasteiger partial charge in [-0.15, -0.1) is 23.6 Å². The van der Waals surface area contributed by atoms with Crippen LogP contribution in [0.5, 0.6) is 0 Å². The molecule has 0 aliphatic rings. The molecule has 0 saturated carbocycles. The molecule has 0 bridgehead atoms. The first kappa shape index (κ1) is 13.4. The first-order valence-corrected chi connectivity index (χ1v) is 6.62. The molecule has 1 atom stereocenters. The van der Waals surface area contributed by atoms with E-state index in [9.17, 15) is 0 Å². The zero-order chi connectivity index (χ0) is 11.8. The van der Waals surface area contributed by atoms with Gasteiger partial charge in [-0.3, -0.25) is 0 Å². The van der Waals surface area contributed by atoms with Gasteiger partial charge in [0.05, 0.1) is 0 Å². The molecule has 0 fully saturated rings. The Kier molecular flexibility index (Phi) is 6.40. The third-order valence-electron chi connectivity index (χ3n) is 2.08. The van der Waals surface area contributed by atoms with Crippen molar-refractivity contribution in [3.8, 4) is 11.8 Å². The topological polar surface area (TPSA) is 26.0 Å². The Morgan fingerprint density at radius 1 is 1.50 bits per heavy atom. The van der Waals surface area contributed by atoms with E-state index in [2.05, 4.69) is 17.9 Å². The van der Waals surface area contributed by atoms with Crippen LogP contribution in [0.4, 0.5) is 0 Å². The Morgan fingerprint density at radius 2 is 2.31 bits per heavy atom. The first-order valence-electron chi connectivity index (χ1n) is 5.26. The van der Waals surface area contributed by atoms with Crippen LogP contribution in [-0.2, 0) is 0 Å². The van der Waals surface area contributed by atoms with Crippen LogP contribution in [0.1, 0.15) is 19.8 Å². The highest BCUT2D eigenvalue weighted by molar-refractivity contribution is 7.99. The minimum absolute atomic E-state index is 0.199. The Hall–Kier alpha value is -0.620. The third kappa shape index (κ3) is 5.46. The quantitative estimate of drug-likeness (QED) is 0.641. The van der Waals surface area contributed by atoms with Gasteiger partial charge in [-0.25, -0.2) is 0 Å². The van der Waals surface area contributed by atoms with Crippen LogP contribution >= 0.6 is 23.4 Å². The molecule has 0 aromatic heterocycles. The molecule has 0 heterocycles. The maximum atomic E-state index is 5.98. The lowest BCUT2D eigenvalue weighted by Gasteiger charge is -2.09. The third-order valence-corrected chi connectivity index (χ3v) is 3.49. The van der Waals surface area contributed by atoms with Gasteiger partial charge in [-0.05, 0) is 31.5 Å². The summed E-state index contributed by atoms with van der Waals surface area (Å²) in [6.45, 7) is 1.85. The molecular weight excluding hydrogens is 238 g/mol. The minimum atomic E-state index is 0.199. The first-order chi connectivity index (χ1) is 7.72. The van der Waals surface area contributed by atoms with Crippen molar-refractivity contribution in [1.82, 2.24) is 0 Å². The van der Waals surface area contributed by atoms with Crippen LogP contribution in [0.15, 0.2) is 29.2 Å². The molecule has 0 amide bonds. The fourth-order valence-corrected chi connectivity index (χ4v) is 2.44. The SMILES string of the molecule is CC#CCCC(N)CSc1cccc(Cl)c1. The summed E-state index contributed by atoms with van der Waals surface area (Å²) in [6.07, 6.45) is 1.84. The standard InChI is InChI=1S/C13H16ClNS/c1-2-3-4-7-12(15)10-16-13-8-5-6-11(14)9-13/h5-6,8-9,12H,4,7,10,15H2,1H3. The smallest absolute Gasteiger partial charge is 0.0417 e. The summed E-state index contributed by atoms with van der Waals surface area (Å²) in [6, 6.07) is 8.05. The maximum Gasteiger partial charge on any atom is 0.0417 e. The molecule has 3 heteroatoms. The highest BCUT2D eigenvalue weighted by Gasteiger charge is 2.03. The van der Waals surface area contributed by atoms with Crippen LogP contribution in [0, 0.1) is 11.8 Å². The van der Waals surface area contributed by atoms with Gasteiger partial charge in [0.1, 0.15) is 0 Å². The zero-order valence-electron chi connectivity index (χ0n) is 9.37. The Morgan fingerprint density at radius 3 is 3.00 bits per heavy atom. The Balaban J connectivity index is 2.30. The van der Waals surface area contributed by atoms with Gasteiger partial charge < -0.3 is 5.73 Å². The average Bonchev–Trinajstić information content (AvgIpc) is 2.27. The van der Waals surface area contributed by atoms with E-state index in [1.807, 2.05) is 25.1 Å². The maximum absolute atomic E-state index is 5.98. The summed E-state index contributed by atoms with van der Waals surface area (Å²) >= 11 is 7.64. The summed E-state index contributed by atoms with van der Waals surface area (Å²) < 4.78 is 0. The molecule has 0 aliphatic heterocycles. The number of nitrogens with two attached hydrogens (primary N) is 1. The Labute approximate surface area is 107 Å². The van der Waals surface area contributed by atoms with Gasteiger partial charge in [-0.1, -0.05) is 17.7 Å². The molecule has 1 nitrogen and oxygen atoms in total. The lowest BCUT2D eigenvalue weighted by atomic mass is 10.2. The lowest BCUT2D eigenvalue weighted by molar-refractivity contribution is 0.692. The molecule has 1 aromatic rings. The van der Waals surface area contributed by atoms with Gasteiger partial charge in [0.15, 0.2) is 0 Å². The van der Waals surface area contributed by atoms with E-state index < -0.39 is 0 Å². The monoisotopic (exact) mass is 253 g/mol. The molecule has 86 valence electrons. The molecule has 0 aliphatic carbocycles. The fraction of sp³-hybridized carbons (Fsp3) is 0.385. The van der Waals surface area contributed by atoms with Gasteiger partial charge in [-0.2, -0.15) is 0 Å². The summed E-state index contributed by atoms with van der Waals surface area (Å²) in [5, 5.41) is 0.774. The van der Waals surface area contributed by atoms with Gasteiger partial charge in [0.2, 0.25) is 0 Å². The molecule has 2 N–H and O–H groups in total. The van der Waals surface area contributed by atoms with Crippen LogP contribution in [0.3, 0.4) is 0 Å². The number of halogens is 1. The van der Waals surface area contributed by atoms with E-state index in [-0.39, 0.29) is 6.04 Å². The second kappa shape index (κ2) is 7.62. The van der Waals surface area contributed by atoms with E-state index in [0.29, 0.717) is 0 Å². The van der Waals surface area contributed by atoms with Crippen molar-refractivity contribution in [2.24, 2.45) is 5.73 Å². The molecule has 0 spiro atoms. The lowest BCUT2D eigenvalue weighted by Crippen LogP contribution is -2.22. The number of thioether (sulfide) groups is 1. The van der Waals surface area contributed by atoms with Gasteiger partial charge >= 0.3 is 0 Å². The Bertz CT molecular complexity index is 381. The van der Waals surface area contributed by atoms with Crippen molar-refractivity contribution in [2.45, 2.75) is 30.7 Å².